The van der Waals surface area contributed by atoms with Crippen LogP contribution < -0.4 is 0 Å². The first kappa shape index (κ1) is 8.05. The molecule has 0 saturated heterocycles. The van der Waals surface area contributed by atoms with Gasteiger partial charge in [-0.15, -0.1) is 16.2 Å². The Morgan fingerprint density at radius 3 is 3.07 bits per heavy atom. The number of allylic oxidation sites excluding steroid dienone is 2. The molecule has 1 aromatic carbocycles. The van der Waals surface area contributed by atoms with Crippen molar-refractivity contribution in [3.63, 3.8) is 0 Å². The van der Waals surface area contributed by atoms with E-state index in [9.17, 15) is 0 Å². The van der Waals surface area contributed by atoms with Gasteiger partial charge in [0.15, 0.2) is 0 Å². The molecule has 1 aliphatic carbocycles. The van der Waals surface area contributed by atoms with Crippen LogP contribution in [0.15, 0.2) is 51.9 Å². The molecule has 68 valence electrons. The molecule has 0 fully saturated rings. The van der Waals surface area contributed by atoms with Crippen molar-refractivity contribution in [1.29, 1.82) is 0 Å². The summed E-state index contributed by atoms with van der Waals surface area (Å²) in [6.45, 7) is 0. The molecule has 0 spiro atoms. The van der Waals surface area contributed by atoms with Crippen molar-refractivity contribution in [2.75, 3.05) is 0 Å². The highest BCUT2D eigenvalue weighted by atomic mass is 32.2. The number of hydrogen-bond donors (Lipinski definition) is 0. The van der Waals surface area contributed by atoms with Crippen LogP contribution in [-0.4, -0.2) is 5.87 Å². The lowest BCUT2D eigenvalue weighted by Gasteiger charge is -2.03. The van der Waals surface area contributed by atoms with Crippen LogP contribution in [0, 0.1) is 0 Å². The minimum Gasteiger partial charge on any atom is -0.129 e. The number of hydrogen-bond acceptors (Lipinski definition) is 0. The Kier molecular flexibility index (Phi) is 1.63. The van der Waals surface area contributed by atoms with Gasteiger partial charge in [0.25, 0.3) is 0 Å². The lowest BCUT2D eigenvalue weighted by Crippen LogP contribution is -1.80. The van der Waals surface area contributed by atoms with Gasteiger partial charge in [-0.3, -0.25) is 0 Å². The standard InChI is InChI=1S/C13H10S/c1-14-12-8-4-2-6-10(12)11-7-3-5-9-13(11)14/h2-4,6,8-9H,1,5H2. The van der Waals surface area contributed by atoms with E-state index in [1.54, 1.807) is 0 Å². The summed E-state index contributed by atoms with van der Waals surface area (Å²) >= 11 is 0. The molecule has 0 bridgehead atoms. The van der Waals surface area contributed by atoms with E-state index in [0.29, 0.717) is 0 Å². The van der Waals surface area contributed by atoms with E-state index in [1.807, 2.05) is 0 Å². The fraction of sp³-hybridized carbons (Fsp3) is 0.0769. The minimum atomic E-state index is 0.0273. The Morgan fingerprint density at radius 2 is 2.14 bits per heavy atom. The predicted octanol–water partition coefficient (Wildman–Crippen LogP) is 3.59. The van der Waals surface area contributed by atoms with Gasteiger partial charge >= 0.3 is 0 Å². The van der Waals surface area contributed by atoms with Crippen molar-refractivity contribution < 1.29 is 0 Å². The largest absolute Gasteiger partial charge is 0.129 e. The molecule has 1 unspecified atom stereocenters. The van der Waals surface area contributed by atoms with E-state index in [4.69, 9.17) is 0 Å². The normalized spacial score (nSPS) is 22.4. The second-order valence-corrected chi connectivity index (χ2v) is 5.08. The number of fused-ring (bicyclic) bond motifs is 3. The molecule has 2 aliphatic rings. The first-order valence-electron chi connectivity index (χ1n) is 4.67. The molecule has 0 saturated carbocycles. The average molecular weight is 198 g/mol. The maximum absolute atomic E-state index is 4.25. The van der Waals surface area contributed by atoms with Crippen LogP contribution in [0.1, 0.15) is 12.0 Å². The molecule has 1 atom stereocenters. The van der Waals surface area contributed by atoms with E-state index in [0.717, 1.165) is 6.42 Å². The van der Waals surface area contributed by atoms with Crippen molar-refractivity contribution in [2.24, 2.45) is 0 Å². The molecule has 3 rings (SSSR count). The maximum Gasteiger partial charge on any atom is 0.0376 e. The topological polar surface area (TPSA) is 0 Å². The Labute approximate surface area is 86.2 Å². The third-order valence-electron chi connectivity index (χ3n) is 2.60. The summed E-state index contributed by atoms with van der Waals surface area (Å²) in [5.74, 6) is 4.25. The third kappa shape index (κ3) is 0.942. The molecular formula is C13H10S. The quantitative estimate of drug-likeness (QED) is 0.441. The summed E-state index contributed by atoms with van der Waals surface area (Å²) < 4.78 is 0. The predicted molar refractivity (Wildman–Crippen MR) is 63.6 cm³/mol. The van der Waals surface area contributed by atoms with Gasteiger partial charge in [-0.2, -0.15) is 0 Å². The van der Waals surface area contributed by atoms with Crippen LogP contribution in [0.3, 0.4) is 0 Å². The summed E-state index contributed by atoms with van der Waals surface area (Å²) in [6, 6.07) is 8.52. The van der Waals surface area contributed by atoms with Gasteiger partial charge in [-0.1, -0.05) is 30.1 Å². The van der Waals surface area contributed by atoms with Crippen molar-refractivity contribution in [3.05, 3.63) is 52.6 Å². The van der Waals surface area contributed by atoms with Crippen molar-refractivity contribution in [2.45, 2.75) is 11.3 Å². The zero-order valence-corrected chi connectivity index (χ0v) is 8.60. The van der Waals surface area contributed by atoms with Crippen molar-refractivity contribution in [1.82, 2.24) is 0 Å². The Hall–Kier alpha value is -1.30. The number of rotatable bonds is 0. The Morgan fingerprint density at radius 1 is 1.29 bits per heavy atom. The van der Waals surface area contributed by atoms with E-state index in [1.165, 1.54) is 20.9 Å². The lowest BCUT2D eigenvalue weighted by molar-refractivity contribution is 1.37. The summed E-state index contributed by atoms with van der Waals surface area (Å²) in [5, 5.41) is 0. The maximum atomic E-state index is 4.25. The second kappa shape index (κ2) is 2.84. The molecule has 1 heteroatoms. The molecular weight excluding hydrogens is 188 g/mol. The molecule has 0 N–H and O–H groups in total. The first-order chi connectivity index (χ1) is 6.88. The summed E-state index contributed by atoms with van der Waals surface area (Å²) in [4.78, 5) is 2.75. The van der Waals surface area contributed by atoms with Crippen LogP contribution in [-0.2, 0) is 0 Å². The molecule has 1 heterocycles. The SMILES string of the molecule is C=S1C2=CCC=C=C2c2ccccc21. The molecule has 0 nitrogen and oxygen atoms in total. The van der Waals surface area contributed by atoms with Gasteiger partial charge in [-0.05, 0) is 18.6 Å². The lowest BCUT2D eigenvalue weighted by atomic mass is 10.0. The van der Waals surface area contributed by atoms with Gasteiger partial charge in [0.05, 0.1) is 0 Å². The summed E-state index contributed by atoms with van der Waals surface area (Å²) in [7, 11) is 0.0273. The van der Waals surface area contributed by atoms with E-state index < -0.39 is 0 Å². The van der Waals surface area contributed by atoms with Crippen LogP contribution >= 0.6 is 10.5 Å². The molecule has 0 amide bonds. The van der Waals surface area contributed by atoms with Gasteiger partial charge in [0.1, 0.15) is 0 Å². The van der Waals surface area contributed by atoms with E-state index in [-0.39, 0.29) is 10.5 Å². The zero-order chi connectivity index (χ0) is 9.54. The summed E-state index contributed by atoms with van der Waals surface area (Å²) in [5.41, 5.74) is 5.95. The van der Waals surface area contributed by atoms with Crippen LogP contribution in [0.4, 0.5) is 0 Å². The highest BCUT2D eigenvalue weighted by Crippen LogP contribution is 2.52. The molecule has 1 aliphatic heterocycles. The van der Waals surface area contributed by atoms with Gasteiger partial charge in [0.2, 0.25) is 0 Å². The number of benzene rings is 1. The van der Waals surface area contributed by atoms with Crippen molar-refractivity contribution >= 4 is 21.9 Å². The zero-order valence-electron chi connectivity index (χ0n) is 7.79. The van der Waals surface area contributed by atoms with E-state index in [2.05, 4.69) is 48.0 Å². The second-order valence-electron chi connectivity index (χ2n) is 3.41. The third-order valence-corrected chi connectivity index (χ3v) is 4.39. The summed E-state index contributed by atoms with van der Waals surface area (Å²) in [6.07, 6.45) is 5.38. The Bertz CT molecular complexity index is 526. The average Bonchev–Trinajstić information content (AvgIpc) is 2.55. The molecule has 1 aromatic rings. The first-order valence-corrected chi connectivity index (χ1v) is 6.06. The fourth-order valence-electron chi connectivity index (χ4n) is 1.94. The molecule has 0 aromatic heterocycles. The van der Waals surface area contributed by atoms with Gasteiger partial charge < -0.3 is 0 Å². The monoisotopic (exact) mass is 198 g/mol. The highest BCUT2D eigenvalue weighted by molar-refractivity contribution is 8.18. The van der Waals surface area contributed by atoms with Crippen LogP contribution in [0.25, 0.3) is 5.57 Å². The fourth-order valence-corrected chi connectivity index (χ4v) is 3.57. The van der Waals surface area contributed by atoms with Crippen LogP contribution in [0.5, 0.6) is 0 Å². The smallest absolute Gasteiger partial charge is 0.0376 e. The van der Waals surface area contributed by atoms with E-state index >= 15 is 0 Å². The van der Waals surface area contributed by atoms with Gasteiger partial charge in [-0.25, -0.2) is 0 Å². The highest BCUT2D eigenvalue weighted by Gasteiger charge is 2.23. The van der Waals surface area contributed by atoms with Crippen LogP contribution in [0.2, 0.25) is 0 Å². The molecule has 0 radical (unpaired) electrons. The van der Waals surface area contributed by atoms with Crippen molar-refractivity contribution in [3.8, 4) is 0 Å². The van der Waals surface area contributed by atoms with Gasteiger partial charge in [0, 0.05) is 20.9 Å². The molecule has 14 heavy (non-hydrogen) atoms. The minimum absolute atomic E-state index is 0.0273. The Balaban J connectivity index is 2.40.